The van der Waals surface area contributed by atoms with E-state index in [4.69, 9.17) is 14.2 Å². The molecule has 2 aromatic rings. The number of methoxy groups -OCH3 is 1. The Morgan fingerprint density at radius 2 is 2.05 bits per heavy atom. The minimum absolute atomic E-state index is 0.0396. The van der Waals surface area contributed by atoms with Crippen molar-refractivity contribution in [3.63, 3.8) is 0 Å². The van der Waals surface area contributed by atoms with Crippen molar-refractivity contribution >= 4 is 12.0 Å². The van der Waals surface area contributed by atoms with E-state index in [2.05, 4.69) is 15.4 Å². The van der Waals surface area contributed by atoms with Gasteiger partial charge in [0.15, 0.2) is 6.23 Å². The molecule has 2 saturated heterocycles. The van der Waals surface area contributed by atoms with Gasteiger partial charge in [-0.05, 0) is 70.6 Å². The maximum atomic E-state index is 12.7. The SMILES string of the molecule is COC(=O)C(C)(C)CCNC(=O)N1CCC[C@@H](COc2ccc(-c3ccnn3C3CCCCO3)nc2)C1. The lowest BCUT2D eigenvalue weighted by atomic mass is 9.89. The van der Waals surface area contributed by atoms with E-state index in [9.17, 15) is 9.59 Å². The molecule has 0 bridgehead atoms. The number of aromatic nitrogens is 3. The van der Waals surface area contributed by atoms with Gasteiger partial charge in [0.2, 0.25) is 0 Å². The molecule has 2 aliphatic rings. The fourth-order valence-corrected chi connectivity index (χ4v) is 4.85. The van der Waals surface area contributed by atoms with E-state index in [0.717, 1.165) is 56.6 Å². The van der Waals surface area contributed by atoms with E-state index in [1.807, 2.05) is 41.6 Å². The van der Waals surface area contributed by atoms with Crippen LogP contribution in [-0.2, 0) is 14.3 Å². The number of hydrogen-bond acceptors (Lipinski definition) is 7. The Morgan fingerprint density at radius 1 is 1.19 bits per heavy atom. The Hall–Kier alpha value is -3.14. The lowest BCUT2D eigenvalue weighted by molar-refractivity contribution is -0.151. The van der Waals surface area contributed by atoms with Crippen LogP contribution in [0.4, 0.5) is 4.79 Å². The highest BCUT2D eigenvalue weighted by atomic mass is 16.5. The van der Waals surface area contributed by atoms with Crippen molar-refractivity contribution in [2.45, 2.75) is 58.6 Å². The zero-order chi connectivity index (χ0) is 26.3. The molecule has 2 aliphatic heterocycles. The fourth-order valence-electron chi connectivity index (χ4n) is 4.85. The van der Waals surface area contributed by atoms with Crippen LogP contribution in [0.15, 0.2) is 30.6 Å². The predicted octanol–water partition coefficient (Wildman–Crippen LogP) is 4.03. The van der Waals surface area contributed by atoms with Gasteiger partial charge in [-0.25, -0.2) is 9.48 Å². The maximum absolute atomic E-state index is 12.7. The van der Waals surface area contributed by atoms with Gasteiger partial charge >= 0.3 is 12.0 Å². The van der Waals surface area contributed by atoms with E-state index in [1.54, 1.807) is 12.4 Å². The van der Waals surface area contributed by atoms with Crippen LogP contribution < -0.4 is 10.1 Å². The van der Waals surface area contributed by atoms with Crippen LogP contribution in [0.5, 0.6) is 5.75 Å². The number of hydrogen-bond donors (Lipinski definition) is 1. The Bertz CT molecular complexity index is 1030. The van der Waals surface area contributed by atoms with Crippen molar-refractivity contribution in [2.24, 2.45) is 11.3 Å². The van der Waals surface area contributed by atoms with Crippen LogP contribution in [0.3, 0.4) is 0 Å². The van der Waals surface area contributed by atoms with Crippen molar-refractivity contribution in [2.75, 3.05) is 40.0 Å². The van der Waals surface area contributed by atoms with Gasteiger partial charge in [0.25, 0.3) is 0 Å². The van der Waals surface area contributed by atoms with Crippen molar-refractivity contribution in [1.82, 2.24) is 25.0 Å². The highest BCUT2D eigenvalue weighted by molar-refractivity contribution is 5.76. The van der Waals surface area contributed by atoms with Crippen LogP contribution in [0.2, 0.25) is 0 Å². The summed E-state index contributed by atoms with van der Waals surface area (Å²) in [4.78, 5) is 30.9. The summed E-state index contributed by atoms with van der Waals surface area (Å²) in [5.41, 5.74) is 1.13. The average molecular weight is 514 g/mol. The number of ether oxygens (including phenoxy) is 3. The molecule has 4 rings (SSSR count). The molecule has 10 heteroatoms. The Labute approximate surface area is 218 Å². The molecule has 0 spiro atoms. The first-order valence-corrected chi connectivity index (χ1v) is 13.2. The summed E-state index contributed by atoms with van der Waals surface area (Å²) in [6.07, 6.45) is 9.12. The van der Waals surface area contributed by atoms with Crippen molar-refractivity contribution < 1.29 is 23.8 Å². The Kier molecular flexibility index (Phi) is 9.02. The normalized spacial score (nSPS) is 20.4. The molecule has 0 radical (unpaired) electrons. The number of piperidine rings is 1. The summed E-state index contributed by atoms with van der Waals surface area (Å²) in [5, 5.41) is 7.40. The molecule has 2 atom stereocenters. The molecule has 0 aliphatic carbocycles. The number of carbonyl (C=O) groups excluding carboxylic acids is 2. The molecular formula is C27H39N5O5. The van der Waals surface area contributed by atoms with Gasteiger partial charge < -0.3 is 24.4 Å². The number of nitrogens with one attached hydrogen (secondary N) is 1. The fraction of sp³-hybridized carbons (Fsp3) is 0.630. The van der Waals surface area contributed by atoms with Crippen LogP contribution in [0, 0.1) is 11.3 Å². The number of rotatable bonds is 9. The quantitative estimate of drug-likeness (QED) is 0.504. The molecule has 1 unspecified atom stereocenters. The summed E-state index contributed by atoms with van der Waals surface area (Å²) in [6.45, 7) is 6.70. The minimum Gasteiger partial charge on any atom is -0.492 e. The molecule has 0 saturated carbocycles. The smallest absolute Gasteiger partial charge is 0.317 e. The van der Waals surface area contributed by atoms with Crippen LogP contribution in [0.25, 0.3) is 11.4 Å². The molecule has 2 aromatic heterocycles. The van der Waals surface area contributed by atoms with Crippen molar-refractivity contribution in [1.29, 1.82) is 0 Å². The number of esters is 1. The summed E-state index contributed by atoms with van der Waals surface area (Å²) in [5.74, 6) is 0.675. The van der Waals surface area contributed by atoms with Crippen molar-refractivity contribution in [3.8, 4) is 17.1 Å². The first-order valence-electron chi connectivity index (χ1n) is 13.2. The zero-order valence-corrected chi connectivity index (χ0v) is 22.1. The largest absolute Gasteiger partial charge is 0.492 e. The first kappa shape index (κ1) is 26.9. The van der Waals surface area contributed by atoms with Crippen LogP contribution >= 0.6 is 0 Å². The second kappa shape index (κ2) is 12.4. The second-order valence-corrected chi connectivity index (χ2v) is 10.5. The van der Waals surface area contributed by atoms with Gasteiger partial charge in [-0.15, -0.1) is 0 Å². The standard InChI is InChI=1S/C27H39N5O5/c1-27(2,25(33)35-3)12-14-28-26(34)31-15-6-7-20(18-31)19-37-21-9-10-22(29-17-21)23-11-13-30-32(23)24-8-4-5-16-36-24/h9-11,13,17,20,24H,4-8,12,14-16,18-19H2,1-3H3,(H,28,34)/t20-,24?/m1/s1. The first-order chi connectivity index (χ1) is 17.9. The van der Waals surface area contributed by atoms with Crippen LogP contribution in [-0.4, -0.2) is 71.6 Å². The zero-order valence-electron chi connectivity index (χ0n) is 22.1. The summed E-state index contributed by atoms with van der Waals surface area (Å²) < 4.78 is 18.7. The van der Waals surface area contributed by atoms with Gasteiger partial charge in [-0.1, -0.05) is 0 Å². The van der Waals surface area contributed by atoms with Gasteiger partial charge in [-0.2, -0.15) is 5.10 Å². The number of nitrogens with zero attached hydrogens (tertiary/aromatic N) is 4. The number of pyridine rings is 1. The molecule has 1 N–H and O–H groups in total. The molecule has 2 amide bonds. The minimum atomic E-state index is -0.632. The van der Waals surface area contributed by atoms with E-state index < -0.39 is 5.41 Å². The third-order valence-corrected chi connectivity index (χ3v) is 7.15. The van der Waals surface area contributed by atoms with E-state index >= 15 is 0 Å². The molecule has 202 valence electrons. The van der Waals surface area contributed by atoms with Crippen molar-refractivity contribution in [3.05, 3.63) is 30.6 Å². The molecular weight excluding hydrogens is 474 g/mol. The topological polar surface area (TPSA) is 108 Å². The highest BCUT2D eigenvalue weighted by Gasteiger charge is 2.29. The number of likely N-dealkylation sites (tertiary alicyclic amines) is 1. The van der Waals surface area contributed by atoms with E-state index in [-0.39, 0.29) is 24.1 Å². The van der Waals surface area contributed by atoms with E-state index in [1.165, 1.54) is 7.11 Å². The summed E-state index contributed by atoms with van der Waals surface area (Å²) >= 11 is 0. The van der Waals surface area contributed by atoms with Gasteiger partial charge in [0, 0.05) is 38.4 Å². The second-order valence-electron chi connectivity index (χ2n) is 10.5. The molecule has 37 heavy (non-hydrogen) atoms. The average Bonchev–Trinajstić information content (AvgIpc) is 3.42. The Balaban J connectivity index is 1.24. The monoisotopic (exact) mass is 513 g/mol. The predicted molar refractivity (Wildman–Crippen MR) is 138 cm³/mol. The number of urea groups is 1. The lowest BCUT2D eigenvalue weighted by Crippen LogP contribution is -2.47. The molecule has 2 fully saturated rings. The highest BCUT2D eigenvalue weighted by Crippen LogP contribution is 2.28. The molecule has 10 nitrogen and oxygen atoms in total. The molecule has 4 heterocycles. The van der Waals surface area contributed by atoms with Gasteiger partial charge in [0.1, 0.15) is 5.75 Å². The lowest BCUT2D eigenvalue weighted by Gasteiger charge is -2.33. The Morgan fingerprint density at radius 3 is 2.78 bits per heavy atom. The summed E-state index contributed by atoms with van der Waals surface area (Å²) in [6, 6.07) is 5.73. The van der Waals surface area contributed by atoms with Gasteiger partial charge in [0.05, 0.1) is 36.7 Å². The van der Waals surface area contributed by atoms with Gasteiger partial charge in [-0.3, -0.25) is 9.78 Å². The maximum Gasteiger partial charge on any atom is 0.317 e. The summed E-state index contributed by atoms with van der Waals surface area (Å²) in [7, 11) is 1.38. The van der Waals surface area contributed by atoms with E-state index in [0.29, 0.717) is 31.9 Å². The third kappa shape index (κ3) is 7.00. The van der Waals surface area contributed by atoms with Crippen LogP contribution in [0.1, 0.15) is 58.6 Å². The number of amides is 2. The molecule has 0 aromatic carbocycles. The third-order valence-electron chi connectivity index (χ3n) is 7.15. The number of carbonyl (C=O) groups is 2.